The molecule has 1 aliphatic heterocycles. The zero-order valence-electron chi connectivity index (χ0n) is 20.1. The van der Waals surface area contributed by atoms with Gasteiger partial charge >= 0.3 is 5.97 Å². The van der Waals surface area contributed by atoms with E-state index in [4.69, 9.17) is 4.74 Å². The summed E-state index contributed by atoms with van der Waals surface area (Å²) in [4.78, 5) is 30.8. The number of aryl methyl sites for hydroxylation is 1. The third-order valence-corrected chi connectivity index (χ3v) is 6.49. The molecule has 0 saturated carbocycles. The predicted octanol–water partition coefficient (Wildman–Crippen LogP) is 3.95. The Morgan fingerprint density at radius 2 is 2.00 bits per heavy atom. The number of carboxylic acid groups (broad SMARTS) is 1. The van der Waals surface area contributed by atoms with Crippen LogP contribution in [0.15, 0.2) is 48.7 Å². The summed E-state index contributed by atoms with van der Waals surface area (Å²) in [5.74, 6) is -2.86. The number of nitrogens with one attached hydrogen (secondary N) is 1. The molecule has 1 aliphatic rings. The maximum Gasteiger partial charge on any atom is 0.330 e. The number of amides is 1. The number of nitrogens with zero attached hydrogens (tertiary/aromatic N) is 2. The summed E-state index contributed by atoms with van der Waals surface area (Å²) in [7, 11) is 1.49. The highest BCUT2D eigenvalue weighted by molar-refractivity contribution is 5.88. The molecule has 0 bridgehead atoms. The molecule has 2 heterocycles. The molecule has 1 saturated heterocycles. The molecule has 0 spiro atoms. The zero-order valence-corrected chi connectivity index (χ0v) is 20.1. The van der Waals surface area contributed by atoms with Gasteiger partial charge in [-0.3, -0.25) is 14.7 Å². The van der Waals surface area contributed by atoms with Gasteiger partial charge in [-0.15, -0.1) is 0 Å². The van der Waals surface area contributed by atoms with Crippen molar-refractivity contribution in [1.82, 2.24) is 15.2 Å². The van der Waals surface area contributed by atoms with Crippen LogP contribution < -0.4 is 10.1 Å². The third kappa shape index (κ3) is 5.91. The van der Waals surface area contributed by atoms with Crippen molar-refractivity contribution in [2.75, 3.05) is 26.7 Å². The van der Waals surface area contributed by atoms with Crippen molar-refractivity contribution >= 4 is 28.9 Å². The lowest BCUT2D eigenvalue weighted by atomic mass is 9.97. The number of ether oxygens (including phenoxy) is 1. The van der Waals surface area contributed by atoms with Crippen LogP contribution in [0, 0.1) is 17.5 Å². The van der Waals surface area contributed by atoms with Crippen LogP contribution in [0.1, 0.15) is 24.0 Å². The Morgan fingerprint density at radius 3 is 2.76 bits per heavy atom. The lowest BCUT2D eigenvalue weighted by Crippen LogP contribution is -2.56. The van der Waals surface area contributed by atoms with Gasteiger partial charge in [-0.05, 0) is 54.8 Å². The fraction of sp³-hybridized carbons (Fsp3) is 0.296. The number of rotatable bonds is 9. The fourth-order valence-corrected chi connectivity index (χ4v) is 4.50. The number of carbonyl (C=O) groups excluding carboxylic acids is 1. The molecule has 2 aromatic carbocycles. The number of hydrogen-bond acceptors (Lipinski definition) is 5. The van der Waals surface area contributed by atoms with Crippen LogP contribution in [-0.4, -0.2) is 59.1 Å². The van der Waals surface area contributed by atoms with E-state index in [0.29, 0.717) is 28.8 Å². The number of aromatic nitrogens is 1. The van der Waals surface area contributed by atoms with Crippen molar-refractivity contribution in [2.24, 2.45) is 0 Å². The fourth-order valence-electron chi connectivity index (χ4n) is 4.50. The molecule has 0 aliphatic carbocycles. The Kier molecular flexibility index (Phi) is 7.77. The minimum atomic E-state index is -1.50. The van der Waals surface area contributed by atoms with Crippen LogP contribution in [0.25, 0.3) is 17.0 Å². The monoisotopic (exact) mass is 513 g/mol. The Morgan fingerprint density at radius 1 is 1.19 bits per heavy atom. The van der Waals surface area contributed by atoms with Gasteiger partial charge in [-0.2, -0.15) is 0 Å². The molecular weight excluding hydrogens is 487 g/mol. The lowest BCUT2D eigenvalue weighted by molar-refractivity contribution is -0.147. The van der Waals surface area contributed by atoms with Gasteiger partial charge in [0.05, 0.1) is 18.8 Å². The molecule has 2 N–H and O–H groups in total. The summed E-state index contributed by atoms with van der Waals surface area (Å²) in [6, 6.07) is 8.18. The van der Waals surface area contributed by atoms with Crippen LogP contribution in [0.3, 0.4) is 0 Å². The molecule has 37 heavy (non-hydrogen) atoms. The highest BCUT2D eigenvalue weighted by Crippen LogP contribution is 2.26. The van der Waals surface area contributed by atoms with Crippen molar-refractivity contribution in [3.8, 4) is 5.75 Å². The first kappa shape index (κ1) is 26.2. The van der Waals surface area contributed by atoms with Gasteiger partial charge in [-0.1, -0.05) is 12.2 Å². The van der Waals surface area contributed by atoms with Crippen LogP contribution in [-0.2, 0) is 16.0 Å². The number of pyridine rings is 1. The van der Waals surface area contributed by atoms with Crippen molar-refractivity contribution in [3.05, 3.63) is 77.2 Å². The van der Waals surface area contributed by atoms with Crippen molar-refractivity contribution in [2.45, 2.75) is 24.8 Å². The number of halogens is 3. The van der Waals surface area contributed by atoms with Crippen LogP contribution >= 0.6 is 0 Å². The molecule has 1 fully saturated rings. The molecule has 3 aromatic rings. The SMILES string of the molecule is COc1ccc2ncc(F)c(CCC(=O)NC3(C(=O)O)CCN(CC=Cc4cc(F)ccc4F)C3)c2c1. The van der Waals surface area contributed by atoms with E-state index < -0.39 is 34.9 Å². The summed E-state index contributed by atoms with van der Waals surface area (Å²) in [6.45, 7) is 0.705. The average molecular weight is 514 g/mol. The summed E-state index contributed by atoms with van der Waals surface area (Å²) in [5, 5.41) is 13.0. The number of benzene rings is 2. The Balaban J connectivity index is 1.40. The lowest BCUT2D eigenvalue weighted by Gasteiger charge is -2.26. The first-order chi connectivity index (χ1) is 17.7. The normalized spacial score (nSPS) is 17.9. The number of methoxy groups -OCH3 is 1. The summed E-state index contributed by atoms with van der Waals surface area (Å²) in [6.07, 6.45) is 4.23. The second kappa shape index (κ2) is 11.0. The Bertz CT molecular complexity index is 1360. The van der Waals surface area contributed by atoms with Crippen LogP contribution in [0.5, 0.6) is 5.75 Å². The number of aliphatic carboxylic acids is 1. The topological polar surface area (TPSA) is 91.8 Å². The molecule has 1 atom stereocenters. The van der Waals surface area contributed by atoms with Crippen LogP contribution in [0.2, 0.25) is 0 Å². The molecule has 1 amide bonds. The minimum absolute atomic E-state index is 0.0355. The highest BCUT2D eigenvalue weighted by atomic mass is 19.1. The van der Waals surface area contributed by atoms with Gasteiger partial charge in [0.25, 0.3) is 0 Å². The molecule has 1 unspecified atom stereocenters. The number of carbonyl (C=O) groups is 2. The third-order valence-electron chi connectivity index (χ3n) is 6.49. The molecule has 10 heteroatoms. The van der Waals surface area contributed by atoms with E-state index in [-0.39, 0.29) is 37.9 Å². The predicted molar refractivity (Wildman–Crippen MR) is 132 cm³/mol. The quantitative estimate of drug-likeness (QED) is 0.450. The number of hydrogen-bond donors (Lipinski definition) is 2. The van der Waals surface area contributed by atoms with E-state index in [1.807, 2.05) is 0 Å². The Hall–Kier alpha value is -3.92. The second-order valence-electron chi connectivity index (χ2n) is 8.96. The number of likely N-dealkylation sites (tertiary alicyclic amines) is 1. The molecule has 7 nitrogen and oxygen atoms in total. The largest absolute Gasteiger partial charge is 0.497 e. The molecular formula is C27H26F3N3O4. The van der Waals surface area contributed by atoms with E-state index in [2.05, 4.69) is 10.3 Å². The van der Waals surface area contributed by atoms with Gasteiger partial charge in [-0.25, -0.2) is 18.0 Å². The number of carboxylic acids is 1. The van der Waals surface area contributed by atoms with Gasteiger partial charge in [0, 0.05) is 37.0 Å². The van der Waals surface area contributed by atoms with E-state index in [1.54, 1.807) is 29.2 Å². The van der Waals surface area contributed by atoms with E-state index >= 15 is 0 Å². The smallest absolute Gasteiger partial charge is 0.330 e. The van der Waals surface area contributed by atoms with E-state index in [1.165, 1.54) is 13.2 Å². The Labute approximate surface area is 211 Å². The van der Waals surface area contributed by atoms with Gasteiger partial charge in [0.1, 0.15) is 23.2 Å². The minimum Gasteiger partial charge on any atom is -0.497 e. The maximum atomic E-state index is 14.6. The average Bonchev–Trinajstić information content (AvgIpc) is 3.29. The van der Waals surface area contributed by atoms with Crippen molar-refractivity contribution in [1.29, 1.82) is 0 Å². The van der Waals surface area contributed by atoms with Crippen molar-refractivity contribution < 1.29 is 32.6 Å². The van der Waals surface area contributed by atoms with E-state index in [9.17, 15) is 27.9 Å². The highest BCUT2D eigenvalue weighted by Gasteiger charge is 2.45. The number of fused-ring (bicyclic) bond motifs is 1. The molecule has 0 radical (unpaired) electrons. The van der Waals surface area contributed by atoms with E-state index in [0.717, 1.165) is 24.4 Å². The van der Waals surface area contributed by atoms with Crippen molar-refractivity contribution in [3.63, 3.8) is 0 Å². The zero-order chi connectivity index (χ0) is 26.6. The standard InChI is InChI=1S/C27H26F3N3O4/c1-37-19-5-8-24-21(14-19)20(23(30)15-31-24)6-9-25(34)32-27(26(35)36)10-12-33(16-27)11-2-3-17-13-18(28)4-7-22(17)29/h2-5,7-8,13-15H,6,9-12,16H2,1H3,(H,32,34)(H,35,36). The maximum absolute atomic E-state index is 14.6. The van der Waals surface area contributed by atoms with Gasteiger partial charge < -0.3 is 15.2 Å². The summed E-state index contributed by atoms with van der Waals surface area (Å²) in [5.41, 5.74) is -0.564. The first-order valence-electron chi connectivity index (χ1n) is 11.7. The second-order valence-corrected chi connectivity index (χ2v) is 8.96. The van der Waals surface area contributed by atoms with Crippen LogP contribution in [0.4, 0.5) is 13.2 Å². The van der Waals surface area contributed by atoms with Gasteiger partial charge in [0.2, 0.25) is 5.91 Å². The summed E-state index contributed by atoms with van der Waals surface area (Å²) >= 11 is 0. The molecule has 4 rings (SSSR count). The van der Waals surface area contributed by atoms with Gasteiger partial charge in [0.15, 0.2) is 5.54 Å². The first-order valence-corrected chi connectivity index (χ1v) is 11.7. The molecule has 1 aromatic heterocycles. The summed E-state index contributed by atoms with van der Waals surface area (Å²) < 4.78 is 46.9. The molecule has 194 valence electrons.